The molecule has 1 fully saturated rings. The number of hydrogen-bond donors (Lipinski definition) is 0. The van der Waals surface area contributed by atoms with Gasteiger partial charge in [-0.15, -0.1) is 0 Å². The van der Waals surface area contributed by atoms with Gasteiger partial charge in [0, 0.05) is 12.7 Å². The Labute approximate surface area is 90.3 Å². The maximum absolute atomic E-state index is 10.5. The van der Waals surface area contributed by atoms with Gasteiger partial charge in [0.15, 0.2) is 0 Å². The minimum absolute atomic E-state index is 0.170. The number of hydrogen-bond acceptors (Lipinski definition) is 2. The molecule has 0 radical (unpaired) electrons. The van der Waals surface area contributed by atoms with Crippen molar-refractivity contribution in [2.24, 2.45) is 0 Å². The Hall–Kier alpha value is -1.15. The minimum Gasteiger partial charge on any atom is -0.378 e. The van der Waals surface area contributed by atoms with Crippen LogP contribution in [-0.4, -0.2) is 19.0 Å². The molecule has 0 unspecified atom stereocenters. The summed E-state index contributed by atoms with van der Waals surface area (Å²) in [5.74, 6) is 0. The third-order valence-electron chi connectivity index (χ3n) is 3.23. The summed E-state index contributed by atoms with van der Waals surface area (Å²) in [5.41, 5.74) is 2.19. The second kappa shape index (κ2) is 4.15. The number of methoxy groups -OCH3 is 1. The summed E-state index contributed by atoms with van der Waals surface area (Å²) in [7, 11) is 1.79. The lowest BCUT2D eigenvalue weighted by molar-refractivity contribution is 0.0731. The van der Waals surface area contributed by atoms with Crippen molar-refractivity contribution in [3.05, 3.63) is 35.4 Å². The topological polar surface area (TPSA) is 26.3 Å². The van der Waals surface area contributed by atoms with Crippen molar-refractivity contribution in [1.82, 2.24) is 0 Å². The van der Waals surface area contributed by atoms with Gasteiger partial charge >= 0.3 is 0 Å². The fraction of sp³-hybridized carbons (Fsp3) is 0.462. The van der Waals surface area contributed by atoms with Gasteiger partial charge in [-0.25, -0.2) is 0 Å². The monoisotopic (exact) mass is 204 g/mol. The molecule has 0 heterocycles. The highest BCUT2D eigenvalue weighted by molar-refractivity contribution is 5.74. The first-order chi connectivity index (χ1) is 7.28. The zero-order valence-electron chi connectivity index (χ0n) is 9.03. The van der Waals surface area contributed by atoms with E-state index in [0.29, 0.717) is 0 Å². The van der Waals surface area contributed by atoms with Crippen LogP contribution in [0.4, 0.5) is 0 Å². The maximum Gasteiger partial charge on any atom is 0.150 e. The van der Waals surface area contributed by atoms with E-state index in [4.69, 9.17) is 4.74 Å². The van der Waals surface area contributed by atoms with Crippen molar-refractivity contribution in [1.29, 1.82) is 0 Å². The Morgan fingerprint density at radius 1 is 1.33 bits per heavy atom. The highest BCUT2D eigenvalue weighted by Gasteiger charge is 2.42. The summed E-state index contributed by atoms with van der Waals surface area (Å²) in [4.78, 5) is 10.5. The van der Waals surface area contributed by atoms with Gasteiger partial charge in [0.1, 0.15) is 6.29 Å². The number of rotatable bonds is 5. The number of aryl methyl sites for hydroxylation is 1. The number of aldehydes is 1. The second-order valence-electron chi connectivity index (χ2n) is 4.25. The molecule has 1 saturated carbocycles. The van der Waals surface area contributed by atoms with E-state index in [2.05, 4.69) is 0 Å². The Morgan fingerprint density at radius 3 is 2.47 bits per heavy atom. The summed E-state index contributed by atoms with van der Waals surface area (Å²) in [6.45, 7) is 0. The van der Waals surface area contributed by atoms with Gasteiger partial charge in [-0.3, -0.25) is 4.79 Å². The van der Waals surface area contributed by atoms with Crippen LogP contribution in [0, 0.1) is 0 Å². The molecular formula is C13H16O2. The van der Waals surface area contributed by atoms with Crippen molar-refractivity contribution in [3.8, 4) is 0 Å². The van der Waals surface area contributed by atoms with E-state index in [1.807, 2.05) is 24.3 Å². The molecule has 0 atom stereocenters. The highest BCUT2D eigenvalue weighted by atomic mass is 16.5. The van der Waals surface area contributed by atoms with E-state index in [-0.39, 0.29) is 5.60 Å². The minimum atomic E-state index is 0.170. The average molecular weight is 204 g/mol. The predicted octanol–water partition coefficient (Wildman–Crippen LogP) is 2.61. The van der Waals surface area contributed by atoms with Crippen molar-refractivity contribution in [3.63, 3.8) is 0 Å². The lowest BCUT2D eigenvalue weighted by atomic mass is 10.0. The number of carbonyl (C=O) groups is 1. The second-order valence-corrected chi connectivity index (χ2v) is 4.25. The summed E-state index contributed by atoms with van der Waals surface area (Å²) in [6.07, 6.45) is 5.38. The van der Waals surface area contributed by atoms with Crippen LogP contribution in [0.1, 0.15) is 35.2 Å². The Morgan fingerprint density at radius 2 is 2.00 bits per heavy atom. The lowest BCUT2D eigenvalue weighted by Gasteiger charge is -2.12. The van der Waals surface area contributed by atoms with Crippen molar-refractivity contribution in [2.75, 3.05) is 7.11 Å². The summed E-state index contributed by atoms with van der Waals surface area (Å²) in [6, 6.07) is 7.79. The molecule has 1 aromatic carbocycles. The molecule has 2 heteroatoms. The standard InChI is InChI=1S/C13H16O2/c1-15-13(8-9-13)7-6-11-2-4-12(10-14)5-3-11/h2-5,10H,6-9H2,1H3. The highest BCUT2D eigenvalue weighted by Crippen LogP contribution is 2.42. The van der Waals surface area contributed by atoms with Gasteiger partial charge in [-0.2, -0.15) is 0 Å². The predicted molar refractivity (Wildman–Crippen MR) is 59.1 cm³/mol. The van der Waals surface area contributed by atoms with Crippen LogP contribution in [-0.2, 0) is 11.2 Å². The molecule has 1 aliphatic rings. The fourth-order valence-electron chi connectivity index (χ4n) is 1.83. The molecule has 1 aliphatic carbocycles. The number of carbonyl (C=O) groups excluding carboxylic acids is 1. The number of ether oxygens (including phenoxy) is 1. The fourth-order valence-corrected chi connectivity index (χ4v) is 1.83. The SMILES string of the molecule is COC1(CCc2ccc(C=O)cc2)CC1. The lowest BCUT2D eigenvalue weighted by Crippen LogP contribution is -2.12. The van der Waals surface area contributed by atoms with Crippen LogP contribution < -0.4 is 0 Å². The molecule has 0 amide bonds. The van der Waals surface area contributed by atoms with E-state index >= 15 is 0 Å². The van der Waals surface area contributed by atoms with Crippen LogP contribution in [0.25, 0.3) is 0 Å². The molecule has 1 aromatic rings. The van der Waals surface area contributed by atoms with Gasteiger partial charge in [0.25, 0.3) is 0 Å². The molecule has 0 aromatic heterocycles. The molecule has 2 nitrogen and oxygen atoms in total. The average Bonchev–Trinajstić information content (AvgIpc) is 3.08. The normalized spacial score (nSPS) is 17.4. The molecule has 0 bridgehead atoms. The first-order valence-corrected chi connectivity index (χ1v) is 5.37. The number of benzene rings is 1. The van der Waals surface area contributed by atoms with Crippen LogP contribution >= 0.6 is 0 Å². The smallest absolute Gasteiger partial charge is 0.150 e. The van der Waals surface area contributed by atoms with Gasteiger partial charge in [-0.1, -0.05) is 24.3 Å². The molecule has 0 saturated heterocycles. The van der Waals surface area contributed by atoms with Crippen LogP contribution in [0.3, 0.4) is 0 Å². The molecule has 0 N–H and O–H groups in total. The van der Waals surface area contributed by atoms with Crippen molar-refractivity contribution < 1.29 is 9.53 Å². The third kappa shape index (κ3) is 2.45. The molecule has 80 valence electrons. The first kappa shape index (κ1) is 10.4. The molecule has 2 rings (SSSR count). The van der Waals surface area contributed by atoms with Gasteiger partial charge in [0.2, 0.25) is 0 Å². The van der Waals surface area contributed by atoms with Gasteiger partial charge in [0.05, 0.1) is 5.60 Å². The Kier molecular flexibility index (Phi) is 2.87. The summed E-state index contributed by atoms with van der Waals surface area (Å²) < 4.78 is 5.46. The molecule has 0 spiro atoms. The van der Waals surface area contributed by atoms with Gasteiger partial charge in [-0.05, 0) is 31.2 Å². The quantitative estimate of drug-likeness (QED) is 0.689. The van der Waals surface area contributed by atoms with Crippen molar-refractivity contribution >= 4 is 6.29 Å². The molecular weight excluding hydrogens is 188 g/mol. The van der Waals surface area contributed by atoms with E-state index in [1.54, 1.807) is 7.11 Å². The van der Waals surface area contributed by atoms with Crippen LogP contribution in [0.5, 0.6) is 0 Å². The largest absolute Gasteiger partial charge is 0.378 e. The molecule has 0 aliphatic heterocycles. The van der Waals surface area contributed by atoms with E-state index in [0.717, 1.165) is 24.7 Å². The zero-order valence-corrected chi connectivity index (χ0v) is 9.03. The third-order valence-corrected chi connectivity index (χ3v) is 3.23. The van der Waals surface area contributed by atoms with E-state index < -0.39 is 0 Å². The summed E-state index contributed by atoms with van der Waals surface area (Å²) in [5, 5.41) is 0. The van der Waals surface area contributed by atoms with Crippen LogP contribution in [0.15, 0.2) is 24.3 Å². The summed E-state index contributed by atoms with van der Waals surface area (Å²) >= 11 is 0. The Balaban J connectivity index is 1.91. The van der Waals surface area contributed by atoms with Crippen LogP contribution in [0.2, 0.25) is 0 Å². The first-order valence-electron chi connectivity index (χ1n) is 5.37. The van der Waals surface area contributed by atoms with E-state index in [1.165, 1.54) is 18.4 Å². The maximum atomic E-state index is 10.5. The zero-order chi connectivity index (χ0) is 10.7. The van der Waals surface area contributed by atoms with E-state index in [9.17, 15) is 4.79 Å². The Bertz CT molecular complexity index is 336. The van der Waals surface area contributed by atoms with Crippen molar-refractivity contribution in [2.45, 2.75) is 31.3 Å². The van der Waals surface area contributed by atoms with Gasteiger partial charge < -0.3 is 4.74 Å². The molecule has 15 heavy (non-hydrogen) atoms.